The van der Waals surface area contributed by atoms with Crippen molar-refractivity contribution in [3.63, 3.8) is 0 Å². The molecule has 0 spiro atoms. The molecule has 0 unspecified atom stereocenters. The van der Waals surface area contributed by atoms with E-state index in [0.717, 1.165) is 0 Å². The predicted molar refractivity (Wildman–Crippen MR) is 60.3 cm³/mol. The molecule has 16 heavy (non-hydrogen) atoms. The van der Waals surface area contributed by atoms with Crippen molar-refractivity contribution < 1.29 is 5.21 Å². The molecule has 0 atom stereocenters. The molecular formula is C11H12N4O. The summed E-state index contributed by atoms with van der Waals surface area (Å²) in [7, 11) is 0. The topological polar surface area (TPSA) is 76.4 Å². The van der Waals surface area contributed by atoms with Crippen molar-refractivity contribution in [1.29, 1.82) is 0 Å². The molecule has 5 heteroatoms. The van der Waals surface area contributed by atoms with Crippen LogP contribution in [0.1, 0.15) is 11.3 Å². The van der Waals surface area contributed by atoms with Gasteiger partial charge >= 0.3 is 0 Å². The number of oxime groups is 1. The molecule has 0 radical (unpaired) electrons. The van der Waals surface area contributed by atoms with E-state index >= 15 is 0 Å². The molecule has 0 bridgehead atoms. The minimum atomic E-state index is 0.0202. The van der Waals surface area contributed by atoms with Crippen LogP contribution in [0.15, 0.2) is 48.0 Å². The normalized spacial score (nSPS) is 11.6. The standard InChI is InChI=1S/C11H12N4O/c12-11(14-16)10-7-15(8-13-10)6-9-4-2-1-3-5-9/h1-5,7-8,16H,6H2,(H2,12,14). The highest BCUT2D eigenvalue weighted by Crippen LogP contribution is 2.03. The van der Waals surface area contributed by atoms with Gasteiger partial charge < -0.3 is 15.5 Å². The van der Waals surface area contributed by atoms with Crippen molar-refractivity contribution >= 4 is 5.84 Å². The van der Waals surface area contributed by atoms with Crippen molar-refractivity contribution in [3.8, 4) is 0 Å². The van der Waals surface area contributed by atoms with E-state index in [4.69, 9.17) is 10.9 Å². The highest BCUT2D eigenvalue weighted by Gasteiger charge is 2.03. The number of hydrogen-bond acceptors (Lipinski definition) is 3. The van der Waals surface area contributed by atoms with Gasteiger partial charge in [0, 0.05) is 12.7 Å². The van der Waals surface area contributed by atoms with Gasteiger partial charge in [0.15, 0.2) is 5.84 Å². The highest BCUT2D eigenvalue weighted by molar-refractivity contribution is 5.94. The first kappa shape index (κ1) is 10.2. The largest absolute Gasteiger partial charge is 0.409 e. The Morgan fingerprint density at radius 1 is 1.38 bits per heavy atom. The summed E-state index contributed by atoms with van der Waals surface area (Å²) in [5.41, 5.74) is 7.07. The molecule has 2 rings (SSSR count). The van der Waals surface area contributed by atoms with Gasteiger partial charge in [-0.3, -0.25) is 0 Å². The van der Waals surface area contributed by atoms with Crippen molar-refractivity contribution in [2.75, 3.05) is 0 Å². The van der Waals surface area contributed by atoms with E-state index in [0.29, 0.717) is 12.2 Å². The third-order valence-electron chi connectivity index (χ3n) is 2.21. The second-order valence-electron chi connectivity index (χ2n) is 3.40. The van der Waals surface area contributed by atoms with Crippen LogP contribution < -0.4 is 5.73 Å². The number of benzene rings is 1. The van der Waals surface area contributed by atoms with Crippen LogP contribution in [0.3, 0.4) is 0 Å². The van der Waals surface area contributed by atoms with Crippen LogP contribution in [0.4, 0.5) is 0 Å². The molecule has 2 aromatic rings. The molecular weight excluding hydrogens is 204 g/mol. The SMILES string of the molecule is N/C(=N/O)c1cn(Cc2ccccc2)cn1. The van der Waals surface area contributed by atoms with Gasteiger partial charge in [0.2, 0.25) is 0 Å². The lowest BCUT2D eigenvalue weighted by Crippen LogP contribution is -2.13. The number of nitrogens with two attached hydrogens (primary N) is 1. The summed E-state index contributed by atoms with van der Waals surface area (Å²) in [4.78, 5) is 4.03. The van der Waals surface area contributed by atoms with Gasteiger partial charge in [-0.25, -0.2) is 4.98 Å². The van der Waals surface area contributed by atoms with Crippen LogP contribution in [-0.2, 0) is 6.54 Å². The van der Waals surface area contributed by atoms with E-state index in [1.807, 2.05) is 34.9 Å². The first-order chi connectivity index (χ1) is 7.79. The Balaban J connectivity index is 2.15. The van der Waals surface area contributed by atoms with Crippen LogP contribution >= 0.6 is 0 Å². The molecule has 0 fully saturated rings. The van der Waals surface area contributed by atoms with Gasteiger partial charge in [0.1, 0.15) is 5.69 Å². The maximum absolute atomic E-state index is 8.50. The van der Waals surface area contributed by atoms with Crippen LogP contribution in [-0.4, -0.2) is 20.6 Å². The third-order valence-corrected chi connectivity index (χ3v) is 2.21. The van der Waals surface area contributed by atoms with E-state index in [-0.39, 0.29) is 5.84 Å². The van der Waals surface area contributed by atoms with E-state index in [2.05, 4.69) is 10.1 Å². The Morgan fingerprint density at radius 3 is 2.81 bits per heavy atom. The van der Waals surface area contributed by atoms with Crippen molar-refractivity contribution in [2.24, 2.45) is 10.9 Å². The summed E-state index contributed by atoms with van der Waals surface area (Å²) >= 11 is 0. The first-order valence-electron chi connectivity index (χ1n) is 4.83. The maximum atomic E-state index is 8.50. The summed E-state index contributed by atoms with van der Waals surface area (Å²) in [5.74, 6) is 0.0202. The predicted octanol–water partition coefficient (Wildman–Crippen LogP) is 1.03. The molecule has 0 amide bonds. The summed E-state index contributed by atoms with van der Waals surface area (Å²) in [6, 6.07) is 10.00. The lowest BCUT2D eigenvalue weighted by molar-refractivity contribution is 0.318. The summed E-state index contributed by atoms with van der Waals surface area (Å²) in [5, 5.41) is 11.4. The number of imidazole rings is 1. The number of nitrogens with zero attached hydrogens (tertiary/aromatic N) is 3. The molecule has 0 saturated carbocycles. The van der Waals surface area contributed by atoms with Crippen molar-refractivity contribution in [3.05, 3.63) is 54.1 Å². The van der Waals surface area contributed by atoms with Gasteiger partial charge in [-0.2, -0.15) is 0 Å². The first-order valence-corrected chi connectivity index (χ1v) is 4.83. The Labute approximate surface area is 92.8 Å². The van der Waals surface area contributed by atoms with Crippen LogP contribution in [0.5, 0.6) is 0 Å². The Morgan fingerprint density at radius 2 is 2.12 bits per heavy atom. The average Bonchev–Trinajstić information content (AvgIpc) is 2.78. The van der Waals surface area contributed by atoms with Gasteiger partial charge in [-0.1, -0.05) is 35.5 Å². The molecule has 5 nitrogen and oxygen atoms in total. The minimum absolute atomic E-state index is 0.0202. The zero-order valence-corrected chi connectivity index (χ0v) is 8.61. The molecule has 0 aliphatic heterocycles. The highest BCUT2D eigenvalue weighted by atomic mass is 16.4. The van der Waals surface area contributed by atoms with Crippen LogP contribution in [0, 0.1) is 0 Å². The maximum Gasteiger partial charge on any atom is 0.190 e. The van der Waals surface area contributed by atoms with E-state index < -0.39 is 0 Å². The zero-order valence-electron chi connectivity index (χ0n) is 8.61. The van der Waals surface area contributed by atoms with Gasteiger partial charge in [0.25, 0.3) is 0 Å². The summed E-state index contributed by atoms with van der Waals surface area (Å²) in [6.07, 6.45) is 3.39. The molecule has 0 aliphatic carbocycles. The molecule has 1 aromatic carbocycles. The fraction of sp³-hybridized carbons (Fsp3) is 0.0909. The molecule has 3 N–H and O–H groups in total. The molecule has 0 aliphatic rings. The number of amidine groups is 1. The van der Waals surface area contributed by atoms with Crippen molar-refractivity contribution in [1.82, 2.24) is 9.55 Å². The lowest BCUT2D eigenvalue weighted by Gasteiger charge is -2.00. The fourth-order valence-electron chi connectivity index (χ4n) is 1.42. The second-order valence-corrected chi connectivity index (χ2v) is 3.40. The summed E-state index contributed by atoms with van der Waals surface area (Å²) < 4.78 is 1.88. The van der Waals surface area contributed by atoms with E-state index in [1.54, 1.807) is 12.5 Å². The number of rotatable bonds is 3. The van der Waals surface area contributed by atoms with Crippen molar-refractivity contribution in [2.45, 2.75) is 6.54 Å². The molecule has 0 saturated heterocycles. The Hall–Kier alpha value is -2.30. The average molecular weight is 216 g/mol. The summed E-state index contributed by atoms with van der Waals surface area (Å²) in [6.45, 7) is 0.715. The number of aromatic nitrogens is 2. The van der Waals surface area contributed by atoms with Crippen LogP contribution in [0.2, 0.25) is 0 Å². The van der Waals surface area contributed by atoms with E-state index in [1.165, 1.54) is 5.56 Å². The smallest absolute Gasteiger partial charge is 0.190 e. The zero-order chi connectivity index (χ0) is 11.4. The van der Waals surface area contributed by atoms with Crippen LogP contribution in [0.25, 0.3) is 0 Å². The molecule has 1 heterocycles. The molecule has 1 aromatic heterocycles. The van der Waals surface area contributed by atoms with E-state index in [9.17, 15) is 0 Å². The fourth-order valence-corrected chi connectivity index (χ4v) is 1.42. The quantitative estimate of drug-likeness (QED) is 0.348. The lowest BCUT2D eigenvalue weighted by atomic mass is 10.2. The monoisotopic (exact) mass is 216 g/mol. The molecule has 82 valence electrons. The van der Waals surface area contributed by atoms with Gasteiger partial charge in [0.05, 0.1) is 6.33 Å². The third kappa shape index (κ3) is 2.20. The number of hydrogen-bond donors (Lipinski definition) is 2. The minimum Gasteiger partial charge on any atom is -0.409 e. The Kier molecular flexibility index (Phi) is 2.86. The van der Waals surface area contributed by atoms with Gasteiger partial charge in [-0.15, -0.1) is 0 Å². The Bertz CT molecular complexity index is 490. The second kappa shape index (κ2) is 4.48. The van der Waals surface area contributed by atoms with Gasteiger partial charge in [-0.05, 0) is 5.56 Å².